The van der Waals surface area contributed by atoms with E-state index in [0.717, 1.165) is 18.5 Å². The zero-order valence-corrected chi connectivity index (χ0v) is 22.4. The van der Waals surface area contributed by atoms with Gasteiger partial charge in [0.1, 0.15) is 17.0 Å². The number of pyridine rings is 1. The van der Waals surface area contributed by atoms with Crippen LogP contribution in [0, 0.1) is 0 Å². The zero-order chi connectivity index (χ0) is 27.1. The molecule has 2 aliphatic rings. The quantitative estimate of drug-likeness (QED) is 0.403. The first kappa shape index (κ1) is 25.0. The summed E-state index contributed by atoms with van der Waals surface area (Å²) in [6, 6.07) is 7.69. The zero-order valence-electron chi connectivity index (χ0n) is 22.4. The van der Waals surface area contributed by atoms with Gasteiger partial charge >= 0.3 is 6.09 Å². The van der Waals surface area contributed by atoms with Crippen molar-refractivity contribution in [3.63, 3.8) is 0 Å². The number of likely N-dealkylation sites (tertiary alicyclic amines) is 1. The smallest absolute Gasteiger partial charge is 0.410 e. The Bertz CT molecular complexity index is 1510. The lowest BCUT2D eigenvalue weighted by atomic mass is 9.94. The number of carbonyl (C=O) groups is 2. The number of ether oxygens (including phenoxy) is 1. The lowest BCUT2D eigenvalue weighted by Crippen LogP contribution is -2.41. The van der Waals surface area contributed by atoms with Crippen molar-refractivity contribution in [2.24, 2.45) is 0 Å². The second-order valence-corrected chi connectivity index (χ2v) is 11.2. The Labute approximate surface area is 226 Å². The molecule has 202 valence electrons. The summed E-state index contributed by atoms with van der Waals surface area (Å²) in [4.78, 5) is 36.6. The molecule has 1 aliphatic heterocycles. The van der Waals surface area contributed by atoms with Crippen LogP contribution in [0.25, 0.3) is 11.5 Å². The van der Waals surface area contributed by atoms with E-state index in [4.69, 9.17) is 9.84 Å². The number of nitrogens with one attached hydrogen (secondary N) is 1. The molecular formula is C28H32N8O3. The van der Waals surface area contributed by atoms with Crippen LogP contribution in [0.3, 0.4) is 0 Å². The summed E-state index contributed by atoms with van der Waals surface area (Å²) >= 11 is 0. The van der Waals surface area contributed by atoms with E-state index in [9.17, 15) is 9.59 Å². The Balaban J connectivity index is 1.25. The first-order valence-corrected chi connectivity index (χ1v) is 13.4. The molecule has 39 heavy (non-hydrogen) atoms. The molecule has 11 heteroatoms. The highest BCUT2D eigenvalue weighted by Crippen LogP contribution is 2.40. The average molecular weight is 529 g/mol. The van der Waals surface area contributed by atoms with Gasteiger partial charge in [0.15, 0.2) is 11.5 Å². The van der Waals surface area contributed by atoms with E-state index in [1.54, 1.807) is 32.6 Å². The van der Waals surface area contributed by atoms with Crippen molar-refractivity contribution < 1.29 is 14.3 Å². The molecule has 1 saturated carbocycles. The summed E-state index contributed by atoms with van der Waals surface area (Å²) in [5.41, 5.74) is 2.39. The fourth-order valence-electron chi connectivity index (χ4n) is 4.90. The van der Waals surface area contributed by atoms with Crippen LogP contribution in [-0.4, -0.2) is 65.0 Å². The van der Waals surface area contributed by atoms with Crippen molar-refractivity contribution in [1.82, 2.24) is 34.3 Å². The van der Waals surface area contributed by atoms with E-state index in [-0.39, 0.29) is 17.9 Å². The van der Waals surface area contributed by atoms with Crippen LogP contribution in [0.2, 0.25) is 0 Å². The van der Waals surface area contributed by atoms with Gasteiger partial charge in [0, 0.05) is 43.7 Å². The molecule has 0 unspecified atom stereocenters. The van der Waals surface area contributed by atoms with Crippen molar-refractivity contribution in [2.75, 3.05) is 18.4 Å². The van der Waals surface area contributed by atoms with E-state index in [0.29, 0.717) is 41.9 Å². The fraction of sp³-hybridized carbons (Fsp3) is 0.429. The van der Waals surface area contributed by atoms with Crippen molar-refractivity contribution in [3.05, 3.63) is 65.9 Å². The average Bonchev–Trinajstić information content (AvgIpc) is 3.55. The number of nitrogens with zero attached hydrogens (tertiary/aromatic N) is 7. The van der Waals surface area contributed by atoms with Crippen LogP contribution in [0.4, 0.5) is 10.6 Å². The standard InChI is InChI=1S/C28H32N8O3/c1-28(2,3)39-27(38)34-13-9-19(10-14-34)22-15-24(32-26(37)21-17-31-35-12-4-11-29-25(21)35)36(33-22)23-8-7-20(16-30-23)18-5-6-18/h4,7-8,11-12,15-19H,5-6,9-10,13-14H2,1-3H3,(H,32,37). The molecule has 0 spiro atoms. The van der Waals surface area contributed by atoms with Gasteiger partial charge in [0.25, 0.3) is 5.91 Å². The Morgan fingerprint density at radius 1 is 1.03 bits per heavy atom. The van der Waals surface area contributed by atoms with E-state index >= 15 is 0 Å². The summed E-state index contributed by atoms with van der Waals surface area (Å²) in [6.07, 6.45) is 10.4. The Kier molecular flexibility index (Phi) is 6.28. The van der Waals surface area contributed by atoms with Crippen LogP contribution >= 0.6 is 0 Å². The second-order valence-electron chi connectivity index (χ2n) is 11.2. The molecular weight excluding hydrogens is 496 g/mol. The molecule has 0 aromatic carbocycles. The molecule has 0 bridgehead atoms. The molecule has 2 amide bonds. The normalized spacial score (nSPS) is 16.4. The summed E-state index contributed by atoms with van der Waals surface area (Å²) in [5, 5.41) is 12.1. The highest BCUT2D eigenvalue weighted by molar-refractivity contribution is 6.07. The number of carbonyl (C=O) groups excluding carboxylic acids is 2. The number of anilines is 1. The maximum atomic E-state index is 13.3. The maximum absolute atomic E-state index is 13.3. The highest BCUT2D eigenvalue weighted by Gasteiger charge is 2.30. The Hall–Kier alpha value is -4.28. The molecule has 1 N–H and O–H groups in total. The number of fused-ring (bicyclic) bond motifs is 1. The molecule has 5 heterocycles. The third-order valence-electron chi connectivity index (χ3n) is 7.10. The van der Waals surface area contributed by atoms with Gasteiger partial charge in [0.2, 0.25) is 0 Å². The summed E-state index contributed by atoms with van der Waals surface area (Å²) in [6.45, 7) is 6.77. The minimum Gasteiger partial charge on any atom is -0.444 e. The highest BCUT2D eigenvalue weighted by atomic mass is 16.6. The predicted octanol–water partition coefficient (Wildman–Crippen LogP) is 4.55. The van der Waals surface area contributed by atoms with Gasteiger partial charge in [-0.3, -0.25) is 4.79 Å². The molecule has 4 aromatic heterocycles. The Morgan fingerprint density at radius 3 is 2.51 bits per heavy atom. The fourth-order valence-corrected chi connectivity index (χ4v) is 4.90. The number of hydrogen-bond donors (Lipinski definition) is 1. The number of aromatic nitrogens is 6. The van der Waals surface area contributed by atoms with Gasteiger partial charge in [-0.2, -0.15) is 14.9 Å². The molecule has 4 aromatic rings. The summed E-state index contributed by atoms with van der Waals surface area (Å²) < 4.78 is 8.79. The Morgan fingerprint density at radius 2 is 1.82 bits per heavy atom. The maximum Gasteiger partial charge on any atom is 0.410 e. The van der Waals surface area contributed by atoms with Crippen molar-refractivity contribution in [3.8, 4) is 5.82 Å². The van der Waals surface area contributed by atoms with E-state index in [1.807, 2.05) is 39.1 Å². The summed E-state index contributed by atoms with van der Waals surface area (Å²) in [7, 11) is 0. The third kappa shape index (κ3) is 5.34. The lowest BCUT2D eigenvalue weighted by Gasteiger charge is -2.32. The lowest BCUT2D eigenvalue weighted by molar-refractivity contribution is 0.0204. The molecule has 2 fully saturated rings. The molecule has 1 aliphatic carbocycles. The van der Waals surface area contributed by atoms with Gasteiger partial charge in [-0.15, -0.1) is 0 Å². The van der Waals surface area contributed by atoms with E-state index in [2.05, 4.69) is 26.4 Å². The number of rotatable bonds is 5. The monoisotopic (exact) mass is 528 g/mol. The van der Waals surface area contributed by atoms with Gasteiger partial charge in [-0.05, 0) is 70.1 Å². The van der Waals surface area contributed by atoms with Crippen LogP contribution < -0.4 is 5.32 Å². The first-order valence-electron chi connectivity index (χ1n) is 13.4. The number of piperidine rings is 1. The SMILES string of the molecule is CC(C)(C)OC(=O)N1CCC(c2cc(NC(=O)c3cnn4cccnc34)n(-c3ccc(C4CC4)cn3)n2)CC1. The topological polar surface area (TPSA) is 120 Å². The first-order chi connectivity index (χ1) is 18.7. The van der Waals surface area contributed by atoms with E-state index < -0.39 is 5.60 Å². The number of amides is 2. The minimum atomic E-state index is -0.529. The van der Waals surface area contributed by atoms with Gasteiger partial charge in [0.05, 0.1) is 11.9 Å². The van der Waals surface area contributed by atoms with E-state index in [1.165, 1.54) is 24.6 Å². The van der Waals surface area contributed by atoms with Crippen LogP contribution in [0.1, 0.15) is 79.9 Å². The van der Waals surface area contributed by atoms with Crippen LogP contribution in [-0.2, 0) is 4.74 Å². The predicted molar refractivity (Wildman–Crippen MR) is 144 cm³/mol. The third-order valence-corrected chi connectivity index (χ3v) is 7.10. The van der Waals surface area contributed by atoms with Crippen LogP contribution in [0.15, 0.2) is 49.1 Å². The largest absolute Gasteiger partial charge is 0.444 e. The minimum absolute atomic E-state index is 0.130. The second kappa shape index (κ2) is 9.79. The van der Waals surface area contributed by atoms with Crippen molar-refractivity contribution in [1.29, 1.82) is 0 Å². The van der Waals surface area contributed by atoms with Crippen LogP contribution in [0.5, 0.6) is 0 Å². The van der Waals surface area contributed by atoms with Gasteiger partial charge < -0.3 is 15.0 Å². The van der Waals surface area contributed by atoms with Crippen molar-refractivity contribution >= 4 is 23.5 Å². The molecule has 11 nitrogen and oxygen atoms in total. The number of hydrogen-bond acceptors (Lipinski definition) is 7. The molecule has 6 rings (SSSR count). The van der Waals surface area contributed by atoms with Gasteiger partial charge in [-0.25, -0.2) is 19.3 Å². The van der Waals surface area contributed by atoms with Crippen molar-refractivity contribution in [2.45, 2.75) is 63.9 Å². The molecule has 0 atom stereocenters. The van der Waals surface area contributed by atoms with Gasteiger partial charge in [-0.1, -0.05) is 6.07 Å². The summed E-state index contributed by atoms with van der Waals surface area (Å²) in [5.74, 6) is 1.55. The molecule has 0 radical (unpaired) electrons. The molecule has 1 saturated heterocycles.